The van der Waals surface area contributed by atoms with E-state index in [-0.39, 0.29) is 0 Å². The summed E-state index contributed by atoms with van der Waals surface area (Å²) in [5.74, 6) is 0. The van der Waals surface area contributed by atoms with Crippen molar-refractivity contribution in [1.29, 1.82) is 0 Å². The lowest BCUT2D eigenvalue weighted by Crippen LogP contribution is -2.21. The van der Waals surface area contributed by atoms with Gasteiger partial charge >= 0.3 is 0 Å². The van der Waals surface area contributed by atoms with Crippen molar-refractivity contribution in [2.45, 2.75) is 65.3 Å². The highest BCUT2D eigenvalue weighted by Crippen LogP contribution is 2.44. The lowest BCUT2D eigenvalue weighted by Gasteiger charge is -2.05. The van der Waals surface area contributed by atoms with Crippen LogP contribution in [0, 0.1) is 5.41 Å². The van der Waals surface area contributed by atoms with E-state index in [1.54, 1.807) is 0 Å². The summed E-state index contributed by atoms with van der Waals surface area (Å²) < 4.78 is 0. The second-order valence-electron chi connectivity index (χ2n) is 5.11. The molecule has 0 aromatic carbocycles. The van der Waals surface area contributed by atoms with E-state index >= 15 is 0 Å². The third-order valence-corrected chi connectivity index (χ3v) is 3.18. The van der Waals surface area contributed by atoms with E-state index in [0.717, 1.165) is 6.04 Å². The Morgan fingerprint density at radius 3 is 2.31 bits per heavy atom. The summed E-state index contributed by atoms with van der Waals surface area (Å²) in [4.78, 5) is 0. The van der Waals surface area contributed by atoms with Crippen LogP contribution < -0.4 is 5.32 Å². The first-order valence-corrected chi connectivity index (χ1v) is 5.90. The predicted molar refractivity (Wildman–Crippen MR) is 58.9 cm³/mol. The number of rotatable bonds is 7. The number of nitrogens with one attached hydrogen (secondary N) is 1. The molecule has 0 spiro atoms. The van der Waals surface area contributed by atoms with Crippen LogP contribution in [0.25, 0.3) is 0 Å². The van der Waals surface area contributed by atoms with E-state index in [1.165, 1.54) is 45.1 Å². The molecule has 1 aliphatic carbocycles. The standard InChI is InChI=1S/C12H25N/c1-4-5-6-7-8-9-13-11-10-12(11,2)3/h11,13H,4-10H2,1-3H3. The van der Waals surface area contributed by atoms with Crippen LogP contribution in [-0.2, 0) is 0 Å². The largest absolute Gasteiger partial charge is 0.313 e. The van der Waals surface area contributed by atoms with Gasteiger partial charge in [0, 0.05) is 6.04 Å². The van der Waals surface area contributed by atoms with Crippen molar-refractivity contribution in [1.82, 2.24) is 5.32 Å². The molecule has 0 aliphatic heterocycles. The molecule has 0 saturated heterocycles. The van der Waals surface area contributed by atoms with Gasteiger partial charge in [-0.25, -0.2) is 0 Å². The quantitative estimate of drug-likeness (QED) is 0.597. The fourth-order valence-corrected chi connectivity index (χ4v) is 1.82. The van der Waals surface area contributed by atoms with E-state index in [4.69, 9.17) is 0 Å². The molecule has 0 bridgehead atoms. The van der Waals surface area contributed by atoms with Crippen molar-refractivity contribution >= 4 is 0 Å². The van der Waals surface area contributed by atoms with E-state index < -0.39 is 0 Å². The fourth-order valence-electron chi connectivity index (χ4n) is 1.82. The molecule has 1 saturated carbocycles. The Labute approximate surface area is 83.3 Å². The molecule has 0 aromatic rings. The van der Waals surface area contributed by atoms with Crippen LogP contribution in [-0.4, -0.2) is 12.6 Å². The first kappa shape index (κ1) is 11.0. The van der Waals surface area contributed by atoms with Gasteiger partial charge in [0.1, 0.15) is 0 Å². The van der Waals surface area contributed by atoms with Gasteiger partial charge in [0.15, 0.2) is 0 Å². The minimum Gasteiger partial charge on any atom is -0.313 e. The smallest absolute Gasteiger partial charge is 0.0124 e. The lowest BCUT2D eigenvalue weighted by atomic mass is 10.1. The summed E-state index contributed by atoms with van der Waals surface area (Å²) >= 11 is 0. The zero-order valence-corrected chi connectivity index (χ0v) is 9.53. The molecular formula is C12H25N. The highest BCUT2D eigenvalue weighted by Gasteiger charge is 2.44. The zero-order chi connectivity index (χ0) is 9.73. The molecule has 1 rings (SSSR count). The third kappa shape index (κ3) is 4.12. The molecule has 0 heterocycles. The van der Waals surface area contributed by atoms with E-state index in [0.29, 0.717) is 5.41 Å². The Hall–Kier alpha value is -0.0400. The Morgan fingerprint density at radius 2 is 1.77 bits per heavy atom. The third-order valence-electron chi connectivity index (χ3n) is 3.18. The minimum absolute atomic E-state index is 0.601. The van der Waals surface area contributed by atoms with Crippen LogP contribution in [0.3, 0.4) is 0 Å². The van der Waals surface area contributed by atoms with Gasteiger partial charge < -0.3 is 5.32 Å². The highest BCUT2D eigenvalue weighted by atomic mass is 15.0. The molecule has 1 atom stereocenters. The summed E-state index contributed by atoms with van der Waals surface area (Å²) in [6.45, 7) is 8.20. The van der Waals surface area contributed by atoms with Gasteiger partial charge in [-0.3, -0.25) is 0 Å². The Bertz CT molecular complexity index is 140. The van der Waals surface area contributed by atoms with Crippen LogP contribution in [0.2, 0.25) is 0 Å². The number of unbranched alkanes of at least 4 members (excludes halogenated alkanes) is 4. The summed E-state index contributed by atoms with van der Waals surface area (Å²) in [5, 5.41) is 3.62. The highest BCUT2D eigenvalue weighted by molar-refractivity contribution is 5.01. The van der Waals surface area contributed by atoms with Gasteiger partial charge in [-0.15, -0.1) is 0 Å². The van der Waals surface area contributed by atoms with Crippen molar-refractivity contribution in [2.75, 3.05) is 6.54 Å². The molecule has 0 aromatic heterocycles. The van der Waals surface area contributed by atoms with Crippen molar-refractivity contribution < 1.29 is 0 Å². The first-order valence-electron chi connectivity index (χ1n) is 5.90. The summed E-state index contributed by atoms with van der Waals surface area (Å²) in [6, 6.07) is 0.818. The average molecular weight is 183 g/mol. The second-order valence-corrected chi connectivity index (χ2v) is 5.11. The van der Waals surface area contributed by atoms with Crippen LogP contribution in [0.5, 0.6) is 0 Å². The van der Waals surface area contributed by atoms with Gasteiger partial charge in [-0.1, -0.05) is 46.5 Å². The summed E-state index contributed by atoms with van der Waals surface area (Å²) in [5.41, 5.74) is 0.601. The molecule has 1 N–H and O–H groups in total. The lowest BCUT2D eigenvalue weighted by molar-refractivity contribution is 0.520. The molecule has 13 heavy (non-hydrogen) atoms. The maximum atomic E-state index is 3.62. The maximum absolute atomic E-state index is 3.62. The SMILES string of the molecule is CCCCCCCNC1CC1(C)C. The summed E-state index contributed by atoms with van der Waals surface area (Å²) in [6.07, 6.45) is 8.34. The summed E-state index contributed by atoms with van der Waals surface area (Å²) in [7, 11) is 0. The normalized spacial score (nSPS) is 24.7. The van der Waals surface area contributed by atoms with Gasteiger partial charge in [0.25, 0.3) is 0 Å². The van der Waals surface area contributed by atoms with Crippen LogP contribution in [0.4, 0.5) is 0 Å². The zero-order valence-electron chi connectivity index (χ0n) is 9.53. The molecule has 1 nitrogen and oxygen atoms in total. The number of hydrogen-bond donors (Lipinski definition) is 1. The Morgan fingerprint density at radius 1 is 1.15 bits per heavy atom. The van der Waals surface area contributed by atoms with Crippen LogP contribution in [0.1, 0.15) is 59.3 Å². The average Bonchev–Trinajstić information content (AvgIpc) is 2.67. The molecule has 0 radical (unpaired) electrons. The maximum Gasteiger partial charge on any atom is 0.0124 e. The second kappa shape index (κ2) is 4.99. The Balaban J connectivity index is 1.80. The van der Waals surface area contributed by atoms with Gasteiger partial charge in [-0.2, -0.15) is 0 Å². The molecule has 78 valence electrons. The van der Waals surface area contributed by atoms with Gasteiger partial charge in [0.2, 0.25) is 0 Å². The van der Waals surface area contributed by atoms with Crippen molar-refractivity contribution in [3.05, 3.63) is 0 Å². The Kier molecular flexibility index (Phi) is 4.24. The van der Waals surface area contributed by atoms with E-state index in [1.807, 2.05) is 0 Å². The number of hydrogen-bond acceptors (Lipinski definition) is 1. The molecular weight excluding hydrogens is 158 g/mol. The van der Waals surface area contributed by atoms with Crippen molar-refractivity contribution in [3.8, 4) is 0 Å². The molecule has 1 heteroatoms. The van der Waals surface area contributed by atoms with Crippen LogP contribution >= 0.6 is 0 Å². The van der Waals surface area contributed by atoms with E-state index in [9.17, 15) is 0 Å². The minimum atomic E-state index is 0.601. The topological polar surface area (TPSA) is 12.0 Å². The van der Waals surface area contributed by atoms with Crippen LogP contribution in [0.15, 0.2) is 0 Å². The monoisotopic (exact) mass is 183 g/mol. The first-order chi connectivity index (χ1) is 6.17. The fraction of sp³-hybridized carbons (Fsp3) is 1.00. The van der Waals surface area contributed by atoms with Crippen molar-refractivity contribution in [3.63, 3.8) is 0 Å². The molecule has 0 amide bonds. The van der Waals surface area contributed by atoms with Gasteiger partial charge in [0.05, 0.1) is 0 Å². The van der Waals surface area contributed by atoms with Gasteiger partial charge in [-0.05, 0) is 24.8 Å². The predicted octanol–water partition coefficient (Wildman–Crippen LogP) is 3.34. The molecule has 1 unspecified atom stereocenters. The van der Waals surface area contributed by atoms with E-state index in [2.05, 4.69) is 26.1 Å². The molecule has 1 aliphatic rings. The molecule has 1 fully saturated rings. The van der Waals surface area contributed by atoms with Crippen molar-refractivity contribution in [2.24, 2.45) is 5.41 Å².